The highest BCUT2D eigenvalue weighted by Gasteiger charge is 2.34. The number of hydrogen-bond acceptors (Lipinski definition) is 3. The summed E-state index contributed by atoms with van der Waals surface area (Å²) in [6.07, 6.45) is -3.51. The summed E-state index contributed by atoms with van der Waals surface area (Å²) in [6, 6.07) is 3.24. The van der Waals surface area contributed by atoms with Gasteiger partial charge in [-0.3, -0.25) is 4.79 Å². The molecule has 1 unspecified atom stereocenters. The summed E-state index contributed by atoms with van der Waals surface area (Å²) in [6.45, 7) is 0. The van der Waals surface area contributed by atoms with Crippen molar-refractivity contribution in [3.8, 4) is 0 Å². The molecule has 0 N–H and O–H groups in total. The number of halogens is 4. The molecule has 1 heterocycles. The molecule has 24 heavy (non-hydrogen) atoms. The van der Waals surface area contributed by atoms with Gasteiger partial charge < -0.3 is 4.90 Å². The lowest BCUT2D eigenvalue weighted by Crippen LogP contribution is -2.33. The maximum atomic E-state index is 12.9. The first-order chi connectivity index (χ1) is 11.0. The first kappa shape index (κ1) is 19.1. The Hall–Kier alpha value is -1.28. The molecule has 1 amide bonds. The fraction of sp³-hybridized carbons (Fsp3) is 0.533. The Balaban J connectivity index is 2.13. The van der Waals surface area contributed by atoms with Gasteiger partial charge in [0.05, 0.1) is 22.1 Å². The van der Waals surface area contributed by atoms with Crippen LogP contribution < -0.4 is 4.90 Å². The van der Waals surface area contributed by atoms with E-state index in [1.165, 1.54) is 13.1 Å². The van der Waals surface area contributed by atoms with Crippen LogP contribution >= 0.6 is 11.6 Å². The molecule has 0 spiro atoms. The molecule has 9 heteroatoms. The van der Waals surface area contributed by atoms with Crippen LogP contribution in [0, 0.1) is 5.92 Å². The van der Waals surface area contributed by atoms with Crippen LogP contribution in [0.4, 0.5) is 18.9 Å². The number of amides is 1. The van der Waals surface area contributed by atoms with Crippen molar-refractivity contribution >= 4 is 33.0 Å². The van der Waals surface area contributed by atoms with Crippen molar-refractivity contribution in [3.05, 3.63) is 28.8 Å². The number of carbonyl (C=O) groups is 1. The number of rotatable bonds is 3. The van der Waals surface area contributed by atoms with Gasteiger partial charge in [0.1, 0.15) is 0 Å². The summed E-state index contributed by atoms with van der Waals surface area (Å²) < 4.78 is 61.9. The fourth-order valence-electron chi connectivity index (χ4n) is 2.75. The van der Waals surface area contributed by atoms with E-state index in [4.69, 9.17) is 11.6 Å². The number of nitrogens with zero attached hydrogens (tertiary/aromatic N) is 1. The van der Waals surface area contributed by atoms with Crippen molar-refractivity contribution in [1.29, 1.82) is 0 Å². The lowest BCUT2D eigenvalue weighted by Gasteiger charge is -2.25. The maximum Gasteiger partial charge on any atom is 0.417 e. The largest absolute Gasteiger partial charge is 0.417 e. The first-order valence-electron chi connectivity index (χ1n) is 7.33. The number of carbonyl (C=O) groups excluding carboxylic acids is 1. The third-order valence-electron chi connectivity index (χ3n) is 4.04. The number of anilines is 1. The van der Waals surface area contributed by atoms with Crippen LogP contribution in [0.1, 0.15) is 24.8 Å². The molecule has 1 aliphatic rings. The second-order valence-electron chi connectivity index (χ2n) is 5.94. The van der Waals surface area contributed by atoms with Crippen LogP contribution in [0.15, 0.2) is 18.2 Å². The zero-order valence-corrected chi connectivity index (χ0v) is 14.5. The Kier molecular flexibility index (Phi) is 5.49. The Labute approximate surface area is 143 Å². The number of alkyl halides is 3. The zero-order chi connectivity index (χ0) is 18.1. The Bertz CT molecular complexity index is 734. The van der Waals surface area contributed by atoms with E-state index in [1.807, 2.05) is 0 Å². The second kappa shape index (κ2) is 6.92. The average Bonchev–Trinajstić information content (AvgIpc) is 2.44. The van der Waals surface area contributed by atoms with Crippen LogP contribution in [0.5, 0.6) is 0 Å². The molecule has 4 nitrogen and oxygen atoms in total. The quantitative estimate of drug-likeness (QED) is 0.802. The molecule has 0 bridgehead atoms. The van der Waals surface area contributed by atoms with Crippen molar-refractivity contribution < 1.29 is 26.4 Å². The van der Waals surface area contributed by atoms with E-state index in [9.17, 15) is 26.4 Å². The van der Waals surface area contributed by atoms with Crippen LogP contribution in [0.25, 0.3) is 0 Å². The monoisotopic (exact) mass is 383 g/mol. The second-order valence-corrected chi connectivity index (χ2v) is 8.58. The summed E-state index contributed by atoms with van der Waals surface area (Å²) in [5.41, 5.74) is -0.947. The predicted octanol–water partition coefficient (Wildman–Crippen LogP) is 3.54. The lowest BCUT2D eigenvalue weighted by atomic mass is 10.0. The van der Waals surface area contributed by atoms with Gasteiger partial charge in [-0.15, -0.1) is 0 Å². The van der Waals surface area contributed by atoms with E-state index < -0.39 is 32.5 Å². The molecular weight excluding hydrogens is 367 g/mol. The minimum atomic E-state index is -4.62. The van der Waals surface area contributed by atoms with Crippen molar-refractivity contribution in [2.45, 2.75) is 25.4 Å². The summed E-state index contributed by atoms with van der Waals surface area (Å²) >= 11 is 5.56. The predicted molar refractivity (Wildman–Crippen MR) is 85.9 cm³/mol. The smallest absolute Gasteiger partial charge is 0.315 e. The Morgan fingerprint density at radius 2 is 2.04 bits per heavy atom. The Morgan fingerprint density at radius 1 is 1.38 bits per heavy atom. The molecule has 1 aliphatic heterocycles. The topological polar surface area (TPSA) is 54.5 Å². The average molecular weight is 384 g/mol. The van der Waals surface area contributed by atoms with E-state index in [0.717, 1.165) is 17.0 Å². The highest BCUT2D eigenvalue weighted by atomic mass is 35.5. The molecule has 0 aromatic heterocycles. The van der Waals surface area contributed by atoms with Gasteiger partial charge in [-0.1, -0.05) is 11.6 Å². The van der Waals surface area contributed by atoms with E-state index in [-0.39, 0.29) is 29.5 Å². The van der Waals surface area contributed by atoms with Crippen molar-refractivity contribution in [3.63, 3.8) is 0 Å². The first-order valence-corrected chi connectivity index (χ1v) is 9.53. The van der Waals surface area contributed by atoms with Gasteiger partial charge in [-0.2, -0.15) is 13.2 Å². The van der Waals surface area contributed by atoms with E-state index in [0.29, 0.717) is 12.8 Å². The molecule has 1 aromatic carbocycles. The van der Waals surface area contributed by atoms with Crippen LogP contribution in [0.2, 0.25) is 5.02 Å². The third-order valence-corrected chi connectivity index (χ3v) is 6.26. The molecule has 2 rings (SSSR count). The summed E-state index contributed by atoms with van der Waals surface area (Å²) in [7, 11) is -1.77. The van der Waals surface area contributed by atoms with Crippen LogP contribution in [-0.2, 0) is 20.8 Å². The van der Waals surface area contributed by atoms with Crippen LogP contribution in [-0.4, -0.2) is 32.9 Å². The van der Waals surface area contributed by atoms with Gasteiger partial charge >= 0.3 is 6.18 Å². The molecule has 134 valence electrons. The summed E-state index contributed by atoms with van der Waals surface area (Å²) in [5.74, 6) is -0.652. The molecule has 1 aromatic rings. The van der Waals surface area contributed by atoms with Crippen molar-refractivity contribution in [1.82, 2.24) is 0 Å². The standard InChI is InChI=1S/C15H17ClF3NO3S/c1-20(11-4-5-13(16)12(8-11)15(17,18)19)14(21)7-10-3-2-6-24(22,23)9-10/h4-5,8,10H,2-3,6-7,9H2,1H3. The third kappa shape index (κ3) is 4.63. The van der Waals surface area contributed by atoms with E-state index in [2.05, 4.69) is 0 Å². The van der Waals surface area contributed by atoms with Crippen molar-refractivity contribution in [2.24, 2.45) is 5.92 Å². The Morgan fingerprint density at radius 3 is 2.62 bits per heavy atom. The lowest BCUT2D eigenvalue weighted by molar-refractivity contribution is -0.137. The zero-order valence-electron chi connectivity index (χ0n) is 12.9. The minimum Gasteiger partial charge on any atom is -0.315 e. The minimum absolute atomic E-state index is 0.0142. The van der Waals surface area contributed by atoms with Gasteiger partial charge in [-0.25, -0.2) is 8.42 Å². The molecular formula is C15H17ClF3NO3S. The number of sulfone groups is 1. The molecule has 0 aliphatic carbocycles. The molecule has 0 radical (unpaired) electrons. The maximum absolute atomic E-state index is 12.9. The van der Waals surface area contributed by atoms with Gasteiger partial charge in [0.2, 0.25) is 5.91 Å². The molecule has 1 fully saturated rings. The van der Waals surface area contributed by atoms with Crippen molar-refractivity contribution in [2.75, 3.05) is 23.5 Å². The van der Waals surface area contributed by atoms with E-state index in [1.54, 1.807) is 0 Å². The number of benzene rings is 1. The van der Waals surface area contributed by atoms with Gasteiger partial charge in [0.15, 0.2) is 9.84 Å². The van der Waals surface area contributed by atoms with Crippen LogP contribution in [0.3, 0.4) is 0 Å². The summed E-state index contributed by atoms with van der Waals surface area (Å²) in [4.78, 5) is 13.4. The van der Waals surface area contributed by atoms with Gasteiger partial charge in [0.25, 0.3) is 0 Å². The highest BCUT2D eigenvalue weighted by molar-refractivity contribution is 7.91. The highest BCUT2D eigenvalue weighted by Crippen LogP contribution is 2.37. The summed E-state index contributed by atoms with van der Waals surface area (Å²) in [5, 5.41) is -0.439. The molecule has 1 atom stereocenters. The fourth-order valence-corrected chi connectivity index (χ4v) is 4.75. The SMILES string of the molecule is CN(C(=O)CC1CCCS(=O)(=O)C1)c1ccc(Cl)c(C(F)(F)F)c1. The van der Waals surface area contributed by atoms with Gasteiger partial charge in [-0.05, 0) is 37.0 Å². The van der Waals surface area contributed by atoms with Gasteiger partial charge in [0, 0.05) is 19.2 Å². The van der Waals surface area contributed by atoms with E-state index >= 15 is 0 Å². The molecule has 1 saturated heterocycles. The number of hydrogen-bond donors (Lipinski definition) is 0. The molecule has 0 saturated carbocycles. The normalized spacial score (nSPS) is 20.6.